The Morgan fingerprint density at radius 2 is 2.00 bits per heavy atom. The molecular formula is C17H16BrN3O3S. The number of benzene rings is 1. The fourth-order valence-corrected chi connectivity index (χ4v) is 3.98. The SMILES string of the molecule is CCn1c(=O)c2sccc2n(CC(=O)Nc2ccc(Br)cc2C)c1=O. The largest absolute Gasteiger partial charge is 0.331 e. The summed E-state index contributed by atoms with van der Waals surface area (Å²) in [7, 11) is 0. The van der Waals surface area contributed by atoms with Gasteiger partial charge in [-0.25, -0.2) is 4.79 Å². The van der Waals surface area contributed by atoms with E-state index in [9.17, 15) is 14.4 Å². The highest BCUT2D eigenvalue weighted by Gasteiger charge is 2.16. The normalized spacial score (nSPS) is 11.0. The van der Waals surface area contributed by atoms with Crippen molar-refractivity contribution in [1.29, 1.82) is 0 Å². The van der Waals surface area contributed by atoms with Gasteiger partial charge in [0.1, 0.15) is 11.2 Å². The molecule has 0 aliphatic heterocycles. The molecule has 2 heterocycles. The molecule has 1 amide bonds. The third-order valence-electron chi connectivity index (χ3n) is 3.92. The van der Waals surface area contributed by atoms with Crippen molar-refractivity contribution in [3.63, 3.8) is 0 Å². The van der Waals surface area contributed by atoms with Gasteiger partial charge in [0.05, 0.1) is 5.52 Å². The predicted octanol–water partition coefficient (Wildman–Crippen LogP) is 2.95. The van der Waals surface area contributed by atoms with Crippen LogP contribution in [0.2, 0.25) is 0 Å². The van der Waals surface area contributed by atoms with Gasteiger partial charge in [0.15, 0.2) is 0 Å². The van der Waals surface area contributed by atoms with E-state index in [0.717, 1.165) is 14.6 Å². The first-order chi connectivity index (χ1) is 11.9. The van der Waals surface area contributed by atoms with E-state index in [4.69, 9.17) is 0 Å². The van der Waals surface area contributed by atoms with Crippen LogP contribution in [-0.4, -0.2) is 15.0 Å². The molecule has 2 aromatic heterocycles. The van der Waals surface area contributed by atoms with Crippen molar-refractivity contribution in [2.45, 2.75) is 26.9 Å². The summed E-state index contributed by atoms with van der Waals surface area (Å²) in [6.45, 7) is 3.74. The van der Waals surface area contributed by atoms with Gasteiger partial charge >= 0.3 is 5.69 Å². The third kappa shape index (κ3) is 3.32. The predicted molar refractivity (Wildman–Crippen MR) is 104 cm³/mol. The van der Waals surface area contributed by atoms with Gasteiger partial charge in [0.25, 0.3) is 5.56 Å². The lowest BCUT2D eigenvalue weighted by Gasteiger charge is -2.12. The number of amides is 1. The molecule has 0 spiro atoms. The lowest BCUT2D eigenvalue weighted by Crippen LogP contribution is -2.40. The molecule has 0 radical (unpaired) electrons. The third-order valence-corrected chi connectivity index (χ3v) is 5.30. The molecule has 0 unspecified atom stereocenters. The van der Waals surface area contributed by atoms with Gasteiger partial charge in [-0.3, -0.25) is 18.7 Å². The molecule has 3 rings (SSSR count). The minimum atomic E-state index is -0.471. The van der Waals surface area contributed by atoms with E-state index in [-0.39, 0.29) is 24.6 Å². The van der Waals surface area contributed by atoms with Gasteiger partial charge in [-0.15, -0.1) is 11.3 Å². The highest BCUT2D eigenvalue weighted by atomic mass is 79.9. The van der Waals surface area contributed by atoms with Gasteiger partial charge in [-0.05, 0) is 49.1 Å². The van der Waals surface area contributed by atoms with Crippen molar-refractivity contribution in [2.75, 3.05) is 5.32 Å². The van der Waals surface area contributed by atoms with Crippen LogP contribution in [0.5, 0.6) is 0 Å². The second-order valence-corrected chi connectivity index (χ2v) is 7.39. The zero-order valence-corrected chi connectivity index (χ0v) is 16.1. The number of hydrogen-bond donors (Lipinski definition) is 1. The lowest BCUT2D eigenvalue weighted by molar-refractivity contribution is -0.116. The van der Waals surface area contributed by atoms with E-state index < -0.39 is 5.69 Å². The molecule has 0 saturated carbocycles. The standard InChI is InChI=1S/C17H16BrN3O3S/c1-3-20-16(23)15-13(6-7-25-15)21(17(20)24)9-14(22)19-12-5-4-11(18)8-10(12)2/h4-8H,3,9H2,1-2H3,(H,19,22). The molecule has 0 aliphatic carbocycles. The number of rotatable bonds is 4. The van der Waals surface area contributed by atoms with E-state index in [2.05, 4.69) is 21.2 Å². The van der Waals surface area contributed by atoms with Crippen LogP contribution in [0.1, 0.15) is 12.5 Å². The number of anilines is 1. The van der Waals surface area contributed by atoms with Crippen LogP contribution in [0.25, 0.3) is 10.2 Å². The fraction of sp³-hybridized carbons (Fsp3) is 0.235. The Morgan fingerprint density at radius 1 is 1.24 bits per heavy atom. The van der Waals surface area contributed by atoms with E-state index in [1.54, 1.807) is 24.4 Å². The Morgan fingerprint density at radius 3 is 2.68 bits per heavy atom. The average molecular weight is 422 g/mol. The minimum Gasteiger partial charge on any atom is -0.324 e. The smallest absolute Gasteiger partial charge is 0.324 e. The van der Waals surface area contributed by atoms with Crippen molar-refractivity contribution in [2.24, 2.45) is 0 Å². The molecule has 0 saturated heterocycles. The maximum Gasteiger partial charge on any atom is 0.331 e. The lowest BCUT2D eigenvalue weighted by atomic mass is 10.2. The van der Waals surface area contributed by atoms with Crippen molar-refractivity contribution in [3.05, 3.63) is 60.5 Å². The first-order valence-corrected chi connectivity index (χ1v) is 9.36. The van der Waals surface area contributed by atoms with Crippen LogP contribution < -0.4 is 16.6 Å². The molecule has 0 aliphatic rings. The van der Waals surface area contributed by atoms with Crippen molar-refractivity contribution >= 4 is 49.1 Å². The number of hydrogen-bond acceptors (Lipinski definition) is 4. The van der Waals surface area contributed by atoms with Crippen molar-refractivity contribution in [1.82, 2.24) is 9.13 Å². The van der Waals surface area contributed by atoms with Gasteiger partial charge in [0.2, 0.25) is 5.91 Å². The summed E-state index contributed by atoms with van der Waals surface area (Å²) in [5, 5.41) is 4.57. The number of carbonyl (C=O) groups excluding carboxylic acids is 1. The number of nitrogens with one attached hydrogen (secondary N) is 1. The van der Waals surface area contributed by atoms with E-state index in [0.29, 0.717) is 15.9 Å². The quantitative estimate of drug-likeness (QED) is 0.703. The Hall–Kier alpha value is -2.19. The number of thiophene rings is 1. The molecule has 0 bridgehead atoms. The molecule has 3 aromatic rings. The Balaban J connectivity index is 1.97. The number of nitrogens with zero attached hydrogens (tertiary/aromatic N) is 2. The number of carbonyl (C=O) groups is 1. The second-order valence-electron chi connectivity index (χ2n) is 5.56. The summed E-state index contributed by atoms with van der Waals surface area (Å²) in [5.74, 6) is -0.318. The highest BCUT2D eigenvalue weighted by Crippen LogP contribution is 2.20. The Labute approximate surface area is 155 Å². The summed E-state index contributed by atoms with van der Waals surface area (Å²) >= 11 is 4.65. The number of aromatic nitrogens is 2. The monoisotopic (exact) mass is 421 g/mol. The molecule has 1 aromatic carbocycles. The Bertz CT molecular complexity index is 1080. The van der Waals surface area contributed by atoms with Crippen LogP contribution >= 0.6 is 27.3 Å². The molecule has 6 nitrogen and oxygen atoms in total. The number of fused-ring (bicyclic) bond motifs is 1. The molecule has 1 N–H and O–H groups in total. The zero-order chi connectivity index (χ0) is 18.1. The van der Waals surface area contributed by atoms with E-state index >= 15 is 0 Å². The van der Waals surface area contributed by atoms with Gasteiger partial charge in [0, 0.05) is 16.7 Å². The van der Waals surface area contributed by atoms with Crippen molar-refractivity contribution in [3.8, 4) is 0 Å². The number of aryl methyl sites for hydroxylation is 1. The molecule has 25 heavy (non-hydrogen) atoms. The van der Waals surface area contributed by atoms with E-state index in [1.807, 2.05) is 19.1 Å². The minimum absolute atomic E-state index is 0.151. The van der Waals surface area contributed by atoms with Crippen LogP contribution in [0, 0.1) is 6.92 Å². The first-order valence-electron chi connectivity index (χ1n) is 7.69. The van der Waals surface area contributed by atoms with Crippen LogP contribution in [0.3, 0.4) is 0 Å². The summed E-state index contributed by atoms with van der Waals surface area (Å²) in [6, 6.07) is 7.23. The topological polar surface area (TPSA) is 73.1 Å². The van der Waals surface area contributed by atoms with Crippen LogP contribution in [0.4, 0.5) is 5.69 Å². The summed E-state index contributed by atoms with van der Waals surface area (Å²) in [6.07, 6.45) is 0. The fourth-order valence-electron chi connectivity index (χ4n) is 2.67. The van der Waals surface area contributed by atoms with Gasteiger partial charge in [-0.2, -0.15) is 0 Å². The van der Waals surface area contributed by atoms with Crippen LogP contribution in [0.15, 0.2) is 43.7 Å². The van der Waals surface area contributed by atoms with E-state index in [1.165, 1.54) is 15.9 Å². The maximum atomic E-state index is 12.6. The second kappa shape index (κ2) is 6.97. The number of halogens is 1. The summed E-state index contributed by atoms with van der Waals surface area (Å²) in [4.78, 5) is 37.3. The van der Waals surface area contributed by atoms with Gasteiger partial charge < -0.3 is 5.32 Å². The summed E-state index contributed by atoms with van der Waals surface area (Å²) < 4.78 is 3.90. The molecule has 130 valence electrons. The maximum absolute atomic E-state index is 12.6. The first kappa shape index (κ1) is 17.6. The molecule has 0 fully saturated rings. The summed E-state index contributed by atoms with van der Waals surface area (Å²) in [5.41, 5.74) is 1.31. The Kier molecular flexibility index (Phi) is 4.91. The zero-order valence-electron chi connectivity index (χ0n) is 13.7. The van der Waals surface area contributed by atoms with Crippen LogP contribution in [-0.2, 0) is 17.9 Å². The average Bonchev–Trinajstić information content (AvgIpc) is 3.04. The highest BCUT2D eigenvalue weighted by molar-refractivity contribution is 9.10. The van der Waals surface area contributed by atoms with Gasteiger partial charge in [-0.1, -0.05) is 15.9 Å². The molecule has 0 atom stereocenters. The van der Waals surface area contributed by atoms with Crippen molar-refractivity contribution < 1.29 is 4.79 Å². The molecule has 8 heteroatoms. The molecular weight excluding hydrogens is 406 g/mol.